The number of rotatable bonds is 4. The maximum Gasteiger partial charge on any atom is 0.416 e. The molecule has 1 aliphatic heterocycles. The van der Waals surface area contributed by atoms with E-state index in [1.165, 1.54) is 30.6 Å². The van der Waals surface area contributed by atoms with Gasteiger partial charge in [0.1, 0.15) is 17.6 Å². The molecule has 0 radical (unpaired) electrons. The van der Waals surface area contributed by atoms with Crippen molar-refractivity contribution in [3.63, 3.8) is 0 Å². The highest BCUT2D eigenvalue weighted by Crippen LogP contribution is 2.47. The summed E-state index contributed by atoms with van der Waals surface area (Å²) < 4.78 is 44.5. The number of Topliss-reactive ketones (excluding diaryl/α,β-unsaturated/α-hetero) is 1. The summed E-state index contributed by atoms with van der Waals surface area (Å²) in [6.45, 7) is 1.76. The van der Waals surface area contributed by atoms with Gasteiger partial charge in [-0.1, -0.05) is 23.2 Å². The lowest BCUT2D eigenvalue weighted by atomic mass is 9.97. The minimum absolute atomic E-state index is 0.00497. The SMILES string of the molecule is COc1c(Cl)cc(Cl)cc1/C(O)=C1\C(=O)C(=O)N(c2ccc(C(F)(F)F)cc2)C1c1sccc1C. The van der Waals surface area contributed by atoms with Gasteiger partial charge < -0.3 is 9.84 Å². The van der Waals surface area contributed by atoms with E-state index in [2.05, 4.69) is 0 Å². The Morgan fingerprint density at radius 1 is 1.11 bits per heavy atom. The molecule has 0 saturated carbocycles. The number of anilines is 1. The van der Waals surface area contributed by atoms with Crippen LogP contribution in [-0.4, -0.2) is 23.9 Å². The maximum absolute atomic E-state index is 13.2. The van der Waals surface area contributed by atoms with Crippen LogP contribution in [0.5, 0.6) is 5.75 Å². The van der Waals surface area contributed by atoms with Crippen LogP contribution in [0, 0.1) is 6.92 Å². The largest absolute Gasteiger partial charge is 0.507 e. The highest BCUT2D eigenvalue weighted by molar-refractivity contribution is 7.10. The molecule has 1 amide bonds. The van der Waals surface area contributed by atoms with Crippen molar-refractivity contribution in [3.05, 3.63) is 85.0 Å². The third-order valence-corrected chi connectivity index (χ3v) is 7.11. The van der Waals surface area contributed by atoms with Crippen molar-refractivity contribution >= 4 is 57.7 Å². The van der Waals surface area contributed by atoms with Crippen LogP contribution in [-0.2, 0) is 15.8 Å². The van der Waals surface area contributed by atoms with Crippen molar-refractivity contribution in [2.24, 2.45) is 0 Å². The number of thiophene rings is 1. The van der Waals surface area contributed by atoms with Gasteiger partial charge in [-0.3, -0.25) is 14.5 Å². The average Bonchev–Trinajstić information content (AvgIpc) is 3.32. The Hall–Kier alpha value is -3.01. The van der Waals surface area contributed by atoms with Gasteiger partial charge in [0.25, 0.3) is 11.7 Å². The molecule has 11 heteroatoms. The fourth-order valence-corrected chi connectivity index (χ4v) is 5.51. The summed E-state index contributed by atoms with van der Waals surface area (Å²) in [5.74, 6) is -2.55. The number of aliphatic hydroxyl groups is 1. The quantitative estimate of drug-likeness (QED) is 0.219. The number of carbonyl (C=O) groups excluding carboxylic acids is 2. The molecule has 35 heavy (non-hydrogen) atoms. The highest BCUT2D eigenvalue weighted by Gasteiger charge is 2.48. The lowest BCUT2D eigenvalue weighted by Crippen LogP contribution is -2.29. The van der Waals surface area contributed by atoms with E-state index in [9.17, 15) is 27.9 Å². The second-order valence-electron chi connectivity index (χ2n) is 7.65. The second-order valence-corrected chi connectivity index (χ2v) is 9.44. The summed E-state index contributed by atoms with van der Waals surface area (Å²) in [5.41, 5.74) is -0.388. The maximum atomic E-state index is 13.2. The van der Waals surface area contributed by atoms with Crippen LogP contribution >= 0.6 is 34.5 Å². The molecule has 182 valence electrons. The number of alkyl halides is 3. The van der Waals surface area contributed by atoms with Gasteiger partial charge in [0.2, 0.25) is 0 Å². The Morgan fingerprint density at radius 3 is 2.31 bits per heavy atom. The summed E-state index contributed by atoms with van der Waals surface area (Å²) in [6, 6.07) is 7.27. The molecule has 1 atom stereocenters. The first-order valence-electron chi connectivity index (χ1n) is 10.0. The molecule has 5 nitrogen and oxygen atoms in total. The van der Waals surface area contributed by atoms with Crippen molar-refractivity contribution in [3.8, 4) is 5.75 Å². The van der Waals surface area contributed by atoms with Crippen LogP contribution in [0.3, 0.4) is 0 Å². The molecule has 0 bridgehead atoms. The fraction of sp³-hybridized carbons (Fsp3) is 0.167. The van der Waals surface area contributed by atoms with Gasteiger partial charge in [-0.15, -0.1) is 11.3 Å². The number of ketones is 1. The Kier molecular flexibility index (Phi) is 6.61. The number of amides is 1. The standard InChI is InChI=1S/C24H16Cl2F3NO4S/c1-11-7-8-35-22(11)18-17(19(31)15-9-13(25)10-16(26)21(15)34-2)20(32)23(33)30(18)14-5-3-12(4-6-14)24(27,28)29/h3-10,18,31H,1-2H3/b19-17+. The first-order chi connectivity index (χ1) is 16.5. The monoisotopic (exact) mass is 541 g/mol. The molecule has 1 N–H and O–H groups in total. The Morgan fingerprint density at radius 2 is 1.77 bits per heavy atom. The summed E-state index contributed by atoms with van der Waals surface area (Å²) in [7, 11) is 1.31. The first-order valence-corrected chi connectivity index (χ1v) is 11.6. The summed E-state index contributed by atoms with van der Waals surface area (Å²) >= 11 is 13.5. The predicted molar refractivity (Wildman–Crippen MR) is 128 cm³/mol. The van der Waals surface area contributed by atoms with E-state index in [-0.39, 0.29) is 32.6 Å². The van der Waals surface area contributed by atoms with Gasteiger partial charge in [-0.2, -0.15) is 13.2 Å². The number of carbonyl (C=O) groups is 2. The molecule has 0 aliphatic carbocycles. The summed E-state index contributed by atoms with van der Waals surface area (Å²) in [6.07, 6.45) is -4.57. The van der Waals surface area contributed by atoms with Crippen LogP contribution in [0.2, 0.25) is 10.0 Å². The number of hydrogen-bond acceptors (Lipinski definition) is 5. The van der Waals surface area contributed by atoms with Crippen molar-refractivity contribution in [2.75, 3.05) is 12.0 Å². The normalized spacial score (nSPS) is 17.8. The Balaban J connectivity index is 1.96. The molecule has 1 fully saturated rings. The van der Waals surface area contributed by atoms with Crippen molar-refractivity contribution in [2.45, 2.75) is 19.1 Å². The van der Waals surface area contributed by atoms with E-state index in [0.717, 1.165) is 34.7 Å². The molecule has 1 saturated heterocycles. The highest BCUT2D eigenvalue weighted by atomic mass is 35.5. The van der Waals surface area contributed by atoms with Crippen molar-refractivity contribution < 1.29 is 32.6 Å². The number of nitrogens with zero attached hydrogens (tertiary/aromatic N) is 1. The summed E-state index contributed by atoms with van der Waals surface area (Å²) in [4.78, 5) is 28.0. The van der Waals surface area contributed by atoms with Crippen molar-refractivity contribution in [1.29, 1.82) is 0 Å². The molecule has 3 aromatic rings. The van der Waals surface area contributed by atoms with Crippen LogP contribution in [0.15, 0.2) is 53.4 Å². The van der Waals surface area contributed by atoms with Crippen LogP contribution < -0.4 is 9.64 Å². The van der Waals surface area contributed by atoms with E-state index in [1.54, 1.807) is 18.4 Å². The van der Waals surface area contributed by atoms with Gasteiger partial charge in [-0.05, 0) is 60.3 Å². The van der Waals surface area contributed by atoms with E-state index in [0.29, 0.717) is 4.88 Å². The predicted octanol–water partition coefficient (Wildman–Crippen LogP) is 7.02. The number of halogens is 5. The minimum Gasteiger partial charge on any atom is -0.507 e. The van der Waals surface area contributed by atoms with Crippen LogP contribution in [0.25, 0.3) is 5.76 Å². The van der Waals surface area contributed by atoms with Gasteiger partial charge >= 0.3 is 6.18 Å². The summed E-state index contributed by atoms with van der Waals surface area (Å²) in [5, 5.41) is 13.3. The molecule has 2 heterocycles. The zero-order chi connectivity index (χ0) is 25.7. The van der Waals surface area contributed by atoms with Gasteiger partial charge in [0, 0.05) is 15.6 Å². The topological polar surface area (TPSA) is 66.8 Å². The van der Waals surface area contributed by atoms with Crippen LogP contribution in [0.1, 0.15) is 27.6 Å². The van der Waals surface area contributed by atoms with E-state index < -0.39 is 35.2 Å². The fourth-order valence-electron chi connectivity index (χ4n) is 3.91. The average molecular weight is 542 g/mol. The third kappa shape index (κ3) is 4.39. The second kappa shape index (κ2) is 9.22. The number of methoxy groups -OCH3 is 1. The smallest absolute Gasteiger partial charge is 0.416 e. The van der Waals surface area contributed by atoms with Gasteiger partial charge in [0.05, 0.1) is 28.8 Å². The zero-order valence-electron chi connectivity index (χ0n) is 18.1. The molecular formula is C24H16Cl2F3NO4S. The van der Waals surface area contributed by atoms with E-state index >= 15 is 0 Å². The molecular weight excluding hydrogens is 526 g/mol. The third-order valence-electron chi connectivity index (χ3n) is 5.53. The molecule has 2 aromatic carbocycles. The number of benzene rings is 2. The van der Waals surface area contributed by atoms with Gasteiger partial charge in [0.15, 0.2) is 0 Å². The van der Waals surface area contributed by atoms with E-state index in [4.69, 9.17) is 27.9 Å². The molecule has 1 unspecified atom stereocenters. The molecule has 0 spiro atoms. The lowest BCUT2D eigenvalue weighted by Gasteiger charge is -2.25. The first kappa shape index (κ1) is 25.1. The number of ether oxygens (including phenoxy) is 1. The molecule has 1 aromatic heterocycles. The minimum atomic E-state index is -4.57. The number of aliphatic hydroxyl groups excluding tert-OH is 1. The van der Waals surface area contributed by atoms with Gasteiger partial charge in [-0.25, -0.2) is 0 Å². The molecule has 1 aliphatic rings. The lowest BCUT2D eigenvalue weighted by molar-refractivity contribution is -0.137. The van der Waals surface area contributed by atoms with Crippen molar-refractivity contribution in [1.82, 2.24) is 0 Å². The Bertz CT molecular complexity index is 1370. The van der Waals surface area contributed by atoms with Crippen LogP contribution in [0.4, 0.5) is 18.9 Å². The Labute approximate surface area is 212 Å². The zero-order valence-corrected chi connectivity index (χ0v) is 20.4. The number of aryl methyl sites for hydroxylation is 1. The molecule has 4 rings (SSSR count). The van der Waals surface area contributed by atoms with E-state index in [1.807, 2.05) is 0 Å². The number of hydrogen-bond donors (Lipinski definition) is 1.